The number of nitrogens with zero attached hydrogens (tertiary/aromatic N) is 2. The van der Waals surface area contributed by atoms with E-state index in [1.165, 1.54) is 12.8 Å². The molecule has 3 rings (SSSR count). The van der Waals surface area contributed by atoms with E-state index >= 15 is 0 Å². The van der Waals surface area contributed by atoms with Gasteiger partial charge >= 0.3 is 0 Å². The lowest BCUT2D eigenvalue weighted by atomic mass is 9.74. The Bertz CT molecular complexity index is 631. The maximum atomic E-state index is 13.4. The molecule has 29 heavy (non-hydrogen) atoms. The minimum atomic E-state index is -0.200. The van der Waals surface area contributed by atoms with Gasteiger partial charge in [0.1, 0.15) is 5.82 Å². The molecule has 0 radical (unpaired) electrons. The zero-order chi connectivity index (χ0) is 19.8. The number of rotatable bonds is 9. The van der Waals surface area contributed by atoms with Gasteiger partial charge in [-0.25, -0.2) is 4.39 Å². The van der Waals surface area contributed by atoms with Crippen LogP contribution in [0.1, 0.15) is 38.2 Å². The molecule has 2 fully saturated rings. The molecule has 7 heteroatoms. The van der Waals surface area contributed by atoms with Gasteiger partial charge in [-0.15, -0.1) is 24.0 Å². The molecule has 1 saturated carbocycles. The normalized spacial score (nSPS) is 18.8. The molecular weight excluding hydrogens is 484 g/mol. The number of benzene rings is 1. The summed E-state index contributed by atoms with van der Waals surface area (Å²) in [4.78, 5) is 7.09. The SMILES string of the molecule is CCNC(=NCC1(c2ccc(F)cc2)CCOCC1)N(C)CCOCC1CC1.I. The van der Waals surface area contributed by atoms with E-state index in [9.17, 15) is 4.39 Å². The molecule has 2 aliphatic rings. The number of nitrogens with one attached hydrogen (secondary N) is 1. The molecule has 0 aromatic heterocycles. The number of likely N-dealkylation sites (N-methyl/N-ethyl adjacent to an activating group) is 1. The molecule has 1 N–H and O–H groups in total. The number of aliphatic imine (C=N–C) groups is 1. The summed E-state index contributed by atoms with van der Waals surface area (Å²) in [7, 11) is 2.05. The van der Waals surface area contributed by atoms with E-state index in [0.29, 0.717) is 26.4 Å². The minimum absolute atomic E-state index is 0. The molecule has 1 aromatic rings. The average molecular weight is 519 g/mol. The summed E-state index contributed by atoms with van der Waals surface area (Å²) < 4.78 is 24.8. The first-order chi connectivity index (χ1) is 13.6. The van der Waals surface area contributed by atoms with Crippen molar-refractivity contribution in [2.24, 2.45) is 10.9 Å². The summed E-state index contributed by atoms with van der Waals surface area (Å²) >= 11 is 0. The molecule has 1 heterocycles. The van der Waals surface area contributed by atoms with E-state index < -0.39 is 0 Å². The van der Waals surface area contributed by atoms with Crippen molar-refractivity contribution in [2.75, 3.05) is 53.1 Å². The first-order valence-corrected chi connectivity index (χ1v) is 10.5. The Balaban J connectivity index is 0.00000300. The van der Waals surface area contributed by atoms with Crippen LogP contribution in [-0.4, -0.2) is 64.0 Å². The van der Waals surface area contributed by atoms with Crippen molar-refractivity contribution < 1.29 is 13.9 Å². The van der Waals surface area contributed by atoms with Crippen LogP contribution in [-0.2, 0) is 14.9 Å². The zero-order valence-electron chi connectivity index (χ0n) is 17.7. The molecule has 1 aromatic carbocycles. The van der Waals surface area contributed by atoms with Crippen LogP contribution in [0.25, 0.3) is 0 Å². The minimum Gasteiger partial charge on any atom is -0.381 e. The fourth-order valence-electron chi connectivity index (χ4n) is 3.64. The van der Waals surface area contributed by atoms with Crippen molar-refractivity contribution in [1.82, 2.24) is 10.2 Å². The Morgan fingerprint density at radius 1 is 1.28 bits per heavy atom. The predicted octanol–water partition coefficient (Wildman–Crippen LogP) is 3.82. The van der Waals surface area contributed by atoms with Crippen LogP contribution in [0, 0.1) is 11.7 Å². The van der Waals surface area contributed by atoms with Crippen LogP contribution < -0.4 is 5.32 Å². The summed E-state index contributed by atoms with van der Waals surface area (Å²) in [5.41, 5.74) is 1.04. The van der Waals surface area contributed by atoms with Crippen LogP contribution in [0.5, 0.6) is 0 Å². The second-order valence-corrected chi connectivity index (χ2v) is 8.01. The van der Waals surface area contributed by atoms with Gasteiger partial charge in [0.25, 0.3) is 0 Å². The van der Waals surface area contributed by atoms with Crippen LogP contribution in [0.3, 0.4) is 0 Å². The summed E-state index contributed by atoms with van der Waals surface area (Å²) in [6.07, 6.45) is 4.43. The van der Waals surface area contributed by atoms with E-state index in [1.807, 2.05) is 12.1 Å². The predicted molar refractivity (Wildman–Crippen MR) is 126 cm³/mol. The van der Waals surface area contributed by atoms with Crippen molar-refractivity contribution in [3.8, 4) is 0 Å². The number of halogens is 2. The van der Waals surface area contributed by atoms with Gasteiger partial charge in [0.05, 0.1) is 13.2 Å². The topological polar surface area (TPSA) is 46.1 Å². The number of hydrogen-bond acceptors (Lipinski definition) is 3. The van der Waals surface area contributed by atoms with E-state index in [2.05, 4.69) is 24.2 Å². The van der Waals surface area contributed by atoms with Gasteiger partial charge in [-0.1, -0.05) is 12.1 Å². The molecule has 0 atom stereocenters. The van der Waals surface area contributed by atoms with Crippen LogP contribution in [0.4, 0.5) is 4.39 Å². The molecule has 1 aliphatic heterocycles. The Kier molecular flexibility index (Phi) is 10.1. The summed E-state index contributed by atoms with van der Waals surface area (Å²) in [5.74, 6) is 1.48. The second kappa shape index (κ2) is 12.1. The molecule has 0 unspecified atom stereocenters. The van der Waals surface area contributed by atoms with Crippen LogP contribution >= 0.6 is 24.0 Å². The van der Waals surface area contributed by atoms with Gasteiger partial charge in [-0.05, 0) is 56.2 Å². The van der Waals surface area contributed by atoms with Gasteiger partial charge in [-0.2, -0.15) is 0 Å². The number of hydrogen-bond donors (Lipinski definition) is 1. The number of ether oxygens (including phenoxy) is 2. The second-order valence-electron chi connectivity index (χ2n) is 8.01. The van der Waals surface area contributed by atoms with E-state index in [4.69, 9.17) is 14.5 Å². The molecule has 0 amide bonds. The Labute approximate surface area is 191 Å². The highest BCUT2D eigenvalue weighted by Crippen LogP contribution is 2.35. The van der Waals surface area contributed by atoms with Gasteiger partial charge in [0.2, 0.25) is 0 Å². The van der Waals surface area contributed by atoms with Crippen molar-refractivity contribution in [2.45, 2.75) is 38.0 Å². The maximum absolute atomic E-state index is 13.4. The van der Waals surface area contributed by atoms with Crippen molar-refractivity contribution in [1.29, 1.82) is 0 Å². The Morgan fingerprint density at radius 3 is 2.59 bits per heavy atom. The fraction of sp³-hybridized carbons (Fsp3) is 0.682. The number of guanidine groups is 1. The fourth-order valence-corrected chi connectivity index (χ4v) is 3.64. The first-order valence-electron chi connectivity index (χ1n) is 10.5. The molecule has 0 spiro atoms. The molecule has 1 saturated heterocycles. The first kappa shape index (κ1) is 24.3. The molecule has 0 bridgehead atoms. The van der Waals surface area contributed by atoms with Crippen molar-refractivity contribution in [3.05, 3.63) is 35.6 Å². The monoisotopic (exact) mass is 519 g/mol. The summed E-state index contributed by atoms with van der Waals surface area (Å²) in [5, 5.41) is 3.39. The maximum Gasteiger partial charge on any atom is 0.193 e. The smallest absolute Gasteiger partial charge is 0.193 e. The average Bonchev–Trinajstić information content (AvgIpc) is 3.54. The molecule has 5 nitrogen and oxygen atoms in total. The highest BCUT2D eigenvalue weighted by molar-refractivity contribution is 14.0. The standard InChI is InChI=1S/C22H34FN3O2.HI/c1-3-24-21(26(2)12-15-28-16-18-4-5-18)25-17-22(10-13-27-14-11-22)19-6-8-20(23)9-7-19;/h6-9,18H,3-5,10-17H2,1-2H3,(H,24,25);1H. The third-order valence-electron chi connectivity index (χ3n) is 5.76. The van der Waals surface area contributed by atoms with Crippen molar-refractivity contribution >= 4 is 29.9 Å². The largest absolute Gasteiger partial charge is 0.381 e. The molecule has 164 valence electrons. The van der Waals surface area contributed by atoms with Crippen molar-refractivity contribution in [3.63, 3.8) is 0 Å². The van der Waals surface area contributed by atoms with Gasteiger partial charge in [-0.3, -0.25) is 4.99 Å². The molecule has 1 aliphatic carbocycles. The van der Waals surface area contributed by atoms with Gasteiger partial charge in [0.15, 0.2) is 5.96 Å². The van der Waals surface area contributed by atoms with E-state index in [1.54, 1.807) is 12.1 Å². The summed E-state index contributed by atoms with van der Waals surface area (Å²) in [6, 6.07) is 6.90. The van der Waals surface area contributed by atoms with E-state index in [-0.39, 0.29) is 35.2 Å². The van der Waals surface area contributed by atoms with Gasteiger partial charge < -0.3 is 19.7 Å². The van der Waals surface area contributed by atoms with Crippen LogP contribution in [0.15, 0.2) is 29.3 Å². The Morgan fingerprint density at radius 2 is 1.97 bits per heavy atom. The quantitative estimate of drug-likeness (QED) is 0.233. The molecular formula is C22H35FIN3O2. The van der Waals surface area contributed by atoms with E-state index in [0.717, 1.165) is 50.0 Å². The van der Waals surface area contributed by atoms with Gasteiger partial charge in [0, 0.05) is 45.4 Å². The lowest BCUT2D eigenvalue weighted by molar-refractivity contribution is 0.0530. The lowest BCUT2D eigenvalue weighted by Crippen LogP contribution is -2.43. The third-order valence-corrected chi connectivity index (χ3v) is 5.76. The lowest BCUT2D eigenvalue weighted by Gasteiger charge is -2.37. The summed E-state index contributed by atoms with van der Waals surface area (Å²) in [6.45, 7) is 7.41. The Hall–Kier alpha value is -0.930. The highest BCUT2D eigenvalue weighted by Gasteiger charge is 2.34. The third kappa shape index (κ3) is 7.36. The highest BCUT2D eigenvalue weighted by atomic mass is 127. The zero-order valence-corrected chi connectivity index (χ0v) is 20.0. The van der Waals surface area contributed by atoms with Crippen LogP contribution in [0.2, 0.25) is 0 Å².